The number of hydrogen-bond acceptors (Lipinski definition) is 3. The molecule has 3 nitrogen and oxygen atoms in total. The molecule has 1 aromatic rings. The Labute approximate surface area is 91.7 Å². The molecule has 15 heavy (non-hydrogen) atoms. The van der Waals surface area contributed by atoms with Crippen molar-refractivity contribution in [2.45, 2.75) is 39.8 Å². The maximum atomic E-state index is 5.76. The Morgan fingerprint density at radius 3 is 2.73 bits per heavy atom. The molecular weight excluding hydrogens is 188 g/mol. The van der Waals surface area contributed by atoms with E-state index in [2.05, 4.69) is 25.8 Å². The predicted molar refractivity (Wildman–Crippen MR) is 61.7 cm³/mol. The minimum atomic E-state index is 0.185. The lowest BCUT2D eigenvalue weighted by molar-refractivity contribution is 0.184. The Kier molecular flexibility index (Phi) is 4.56. The van der Waals surface area contributed by atoms with Crippen LogP contribution in [0.4, 0.5) is 0 Å². The highest BCUT2D eigenvalue weighted by Crippen LogP contribution is 2.17. The van der Waals surface area contributed by atoms with Crippen LogP contribution in [0.5, 0.6) is 5.88 Å². The van der Waals surface area contributed by atoms with Crippen LogP contribution in [0.1, 0.15) is 32.8 Å². The van der Waals surface area contributed by atoms with Crippen LogP contribution < -0.4 is 10.5 Å². The van der Waals surface area contributed by atoms with Crippen molar-refractivity contribution in [2.75, 3.05) is 0 Å². The molecule has 0 radical (unpaired) electrons. The molecule has 0 aliphatic carbocycles. The molecule has 0 bridgehead atoms. The quantitative estimate of drug-likeness (QED) is 0.808. The van der Waals surface area contributed by atoms with E-state index in [0.717, 1.165) is 12.0 Å². The van der Waals surface area contributed by atoms with Crippen LogP contribution >= 0.6 is 0 Å². The van der Waals surface area contributed by atoms with Crippen molar-refractivity contribution in [3.63, 3.8) is 0 Å². The lowest BCUT2D eigenvalue weighted by Crippen LogP contribution is -2.16. The van der Waals surface area contributed by atoms with Gasteiger partial charge in [0, 0.05) is 18.3 Å². The Morgan fingerprint density at radius 2 is 2.13 bits per heavy atom. The second-order valence-corrected chi connectivity index (χ2v) is 4.23. The van der Waals surface area contributed by atoms with Crippen molar-refractivity contribution in [1.82, 2.24) is 4.98 Å². The van der Waals surface area contributed by atoms with E-state index in [0.29, 0.717) is 18.3 Å². The molecule has 0 aliphatic heterocycles. The highest BCUT2D eigenvalue weighted by molar-refractivity contribution is 5.25. The van der Waals surface area contributed by atoms with Gasteiger partial charge in [0.1, 0.15) is 0 Å². The number of pyridine rings is 1. The number of nitrogens with two attached hydrogens (primary N) is 1. The Balaban J connectivity index is 2.63. The van der Waals surface area contributed by atoms with Crippen LogP contribution in [0, 0.1) is 5.92 Å². The van der Waals surface area contributed by atoms with Gasteiger partial charge in [0.2, 0.25) is 5.88 Å². The molecule has 0 aromatic carbocycles. The van der Waals surface area contributed by atoms with Crippen molar-refractivity contribution >= 4 is 0 Å². The van der Waals surface area contributed by atoms with Gasteiger partial charge in [0.15, 0.2) is 0 Å². The zero-order valence-electron chi connectivity index (χ0n) is 9.73. The molecule has 1 rings (SSSR count). The smallest absolute Gasteiger partial charge is 0.218 e. The first-order chi connectivity index (χ1) is 7.13. The number of ether oxygens (including phenoxy) is 1. The van der Waals surface area contributed by atoms with E-state index in [1.165, 1.54) is 0 Å². The molecular formula is C12H20N2O. The van der Waals surface area contributed by atoms with Crippen molar-refractivity contribution in [1.29, 1.82) is 0 Å². The van der Waals surface area contributed by atoms with Gasteiger partial charge in [0.05, 0.1) is 6.10 Å². The van der Waals surface area contributed by atoms with Crippen LogP contribution in [-0.2, 0) is 6.54 Å². The first-order valence-corrected chi connectivity index (χ1v) is 5.44. The highest BCUT2D eigenvalue weighted by atomic mass is 16.5. The SMILES string of the molecule is CC(C)CC(C)Oc1ncccc1CN. The van der Waals surface area contributed by atoms with Crippen molar-refractivity contribution in [3.8, 4) is 5.88 Å². The van der Waals surface area contributed by atoms with Gasteiger partial charge < -0.3 is 10.5 Å². The maximum Gasteiger partial charge on any atom is 0.218 e. The van der Waals surface area contributed by atoms with Crippen molar-refractivity contribution in [3.05, 3.63) is 23.9 Å². The Hall–Kier alpha value is -1.09. The molecule has 0 aliphatic rings. The van der Waals surface area contributed by atoms with Gasteiger partial charge in [-0.2, -0.15) is 0 Å². The molecule has 0 saturated carbocycles. The van der Waals surface area contributed by atoms with E-state index < -0.39 is 0 Å². The molecule has 1 unspecified atom stereocenters. The first-order valence-electron chi connectivity index (χ1n) is 5.44. The lowest BCUT2D eigenvalue weighted by Gasteiger charge is -2.17. The topological polar surface area (TPSA) is 48.1 Å². The molecule has 0 fully saturated rings. The van der Waals surface area contributed by atoms with Crippen molar-refractivity contribution in [2.24, 2.45) is 11.7 Å². The Morgan fingerprint density at radius 1 is 1.40 bits per heavy atom. The molecule has 3 heteroatoms. The van der Waals surface area contributed by atoms with Crippen molar-refractivity contribution < 1.29 is 4.74 Å². The third-order valence-corrected chi connectivity index (χ3v) is 2.19. The third-order valence-electron chi connectivity index (χ3n) is 2.19. The number of hydrogen-bond donors (Lipinski definition) is 1. The number of nitrogens with zero attached hydrogens (tertiary/aromatic N) is 1. The molecule has 1 heterocycles. The predicted octanol–water partition coefficient (Wildman–Crippen LogP) is 2.35. The van der Waals surface area contributed by atoms with E-state index in [1.807, 2.05) is 12.1 Å². The number of rotatable bonds is 5. The fourth-order valence-corrected chi connectivity index (χ4v) is 1.59. The Bertz CT molecular complexity index is 299. The fourth-order valence-electron chi connectivity index (χ4n) is 1.59. The summed E-state index contributed by atoms with van der Waals surface area (Å²) in [6.45, 7) is 6.90. The van der Waals surface area contributed by atoms with Gasteiger partial charge in [-0.25, -0.2) is 4.98 Å². The first kappa shape index (κ1) is 12.0. The van der Waals surface area contributed by atoms with Crippen LogP contribution in [0.15, 0.2) is 18.3 Å². The van der Waals surface area contributed by atoms with E-state index in [9.17, 15) is 0 Å². The molecule has 2 N–H and O–H groups in total. The standard InChI is InChI=1S/C12H20N2O/c1-9(2)7-10(3)15-12-11(8-13)5-4-6-14-12/h4-6,9-10H,7-8,13H2,1-3H3. The second kappa shape index (κ2) is 5.71. The summed E-state index contributed by atoms with van der Waals surface area (Å²) >= 11 is 0. The van der Waals surface area contributed by atoms with E-state index >= 15 is 0 Å². The van der Waals surface area contributed by atoms with E-state index in [1.54, 1.807) is 6.20 Å². The molecule has 0 amide bonds. The van der Waals surface area contributed by atoms with Crippen LogP contribution in [0.3, 0.4) is 0 Å². The summed E-state index contributed by atoms with van der Waals surface area (Å²) in [4.78, 5) is 4.19. The molecule has 84 valence electrons. The van der Waals surface area contributed by atoms with E-state index in [-0.39, 0.29) is 6.10 Å². The molecule has 1 aromatic heterocycles. The number of aromatic nitrogens is 1. The summed E-state index contributed by atoms with van der Waals surface area (Å²) in [6.07, 6.45) is 2.95. The summed E-state index contributed by atoms with van der Waals surface area (Å²) in [5.74, 6) is 1.30. The zero-order valence-corrected chi connectivity index (χ0v) is 9.73. The molecule has 0 spiro atoms. The summed E-state index contributed by atoms with van der Waals surface area (Å²) in [7, 11) is 0. The van der Waals surface area contributed by atoms with Gasteiger partial charge in [-0.1, -0.05) is 19.9 Å². The summed E-state index contributed by atoms with van der Waals surface area (Å²) in [6, 6.07) is 3.83. The monoisotopic (exact) mass is 208 g/mol. The second-order valence-electron chi connectivity index (χ2n) is 4.23. The third kappa shape index (κ3) is 3.88. The maximum absolute atomic E-state index is 5.76. The molecule has 0 saturated heterocycles. The van der Waals surface area contributed by atoms with E-state index in [4.69, 9.17) is 10.5 Å². The van der Waals surface area contributed by atoms with Gasteiger partial charge in [-0.15, -0.1) is 0 Å². The average Bonchev–Trinajstić information content (AvgIpc) is 2.17. The lowest BCUT2D eigenvalue weighted by atomic mass is 10.1. The average molecular weight is 208 g/mol. The minimum absolute atomic E-state index is 0.185. The van der Waals surface area contributed by atoms with Gasteiger partial charge in [0.25, 0.3) is 0 Å². The summed E-state index contributed by atoms with van der Waals surface area (Å²) in [5.41, 5.74) is 6.57. The van der Waals surface area contributed by atoms with Crippen LogP contribution in [0.25, 0.3) is 0 Å². The zero-order chi connectivity index (χ0) is 11.3. The van der Waals surface area contributed by atoms with Crippen LogP contribution in [-0.4, -0.2) is 11.1 Å². The summed E-state index contributed by atoms with van der Waals surface area (Å²) in [5, 5.41) is 0. The summed E-state index contributed by atoms with van der Waals surface area (Å²) < 4.78 is 5.76. The largest absolute Gasteiger partial charge is 0.474 e. The highest BCUT2D eigenvalue weighted by Gasteiger charge is 2.09. The normalized spacial score (nSPS) is 12.9. The van der Waals surface area contributed by atoms with Gasteiger partial charge in [-0.05, 0) is 25.3 Å². The van der Waals surface area contributed by atoms with Crippen LogP contribution in [0.2, 0.25) is 0 Å². The van der Waals surface area contributed by atoms with Gasteiger partial charge in [-0.3, -0.25) is 0 Å². The minimum Gasteiger partial charge on any atom is -0.474 e. The molecule has 1 atom stereocenters. The van der Waals surface area contributed by atoms with Gasteiger partial charge >= 0.3 is 0 Å². The fraction of sp³-hybridized carbons (Fsp3) is 0.583.